The SMILES string of the molecule is CCCCOc1ccc(OCCCN2CCOCC2)cc1.CN1[C@@H]2CC[C@H]1CC(OC(=O)C(CO)c1ccccc1)C2. The summed E-state index contributed by atoms with van der Waals surface area (Å²) >= 11 is 0. The summed E-state index contributed by atoms with van der Waals surface area (Å²) in [5.41, 5.74) is 0.820. The number of aliphatic hydroxyl groups excluding tert-OH is 1. The van der Waals surface area contributed by atoms with E-state index < -0.39 is 5.92 Å². The highest BCUT2D eigenvalue weighted by Gasteiger charge is 2.40. The summed E-state index contributed by atoms with van der Waals surface area (Å²) in [4.78, 5) is 17.2. The Bertz CT molecular complexity index is 1020. The number of rotatable bonds is 13. The van der Waals surface area contributed by atoms with Gasteiger partial charge in [0.25, 0.3) is 0 Å². The highest BCUT2D eigenvalue weighted by molar-refractivity contribution is 5.78. The Morgan fingerprint density at radius 3 is 2.10 bits per heavy atom. The molecule has 0 amide bonds. The number of carbonyl (C=O) groups is 1. The van der Waals surface area contributed by atoms with Crippen LogP contribution in [0.2, 0.25) is 0 Å². The summed E-state index contributed by atoms with van der Waals surface area (Å²) in [6, 6.07) is 18.4. The second kappa shape index (κ2) is 17.5. The Balaban J connectivity index is 0.000000193. The Morgan fingerprint density at radius 2 is 1.52 bits per heavy atom. The minimum atomic E-state index is -0.566. The maximum Gasteiger partial charge on any atom is 0.316 e. The molecule has 3 aliphatic heterocycles. The van der Waals surface area contributed by atoms with E-state index in [1.165, 1.54) is 12.8 Å². The molecule has 5 rings (SSSR count). The van der Waals surface area contributed by atoms with Crippen LogP contribution in [0.4, 0.5) is 0 Å². The lowest BCUT2D eigenvalue weighted by Crippen LogP contribution is -2.43. The highest BCUT2D eigenvalue weighted by atomic mass is 16.5. The second-order valence-electron chi connectivity index (χ2n) is 11.6. The van der Waals surface area contributed by atoms with Crippen LogP contribution in [-0.4, -0.2) is 98.8 Å². The molecule has 4 atom stereocenters. The van der Waals surface area contributed by atoms with Crippen LogP contribution in [0.1, 0.15) is 63.4 Å². The number of carbonyl (C=O) groups excluding carboxylic acids is 1. The first-order chi connectivity index (χ1) is 20.6. The predicted molar refractivity (Wildman–Crippen MR) is 164 cm³/mol. The molecule has 2 aromatic rings. The number of piperidine rings is 1. The molecule has 42 heavy (non-hydrogen) atoms. The quantitative estimate of drug-likeness (QED) is 0.264. The van der Waals surface area contributed by atoms with E-state index in [9.17, 15) is 9.90 Å². The second-order valence-corrected chi connectivity index (χ2v) is 11.6. The summed E-state index contributed by atoms with van der Waals surface area (Å²) in [6.07, 6.45) is 7.56. The molecule has 0 radical (unpaired) electrons. The molecule has 2 aromatic carbocycles. The number of nitrogens with zero attached hydrogens (tertiary/aromatic N) is 2. The fraction of sp³-hybridized carbons (Fsp3) is 0.618. The van der Waals surface area contributed by atoms with Gasteiger partial charge in [-0.25, -0.2) is 0 Å². The lowest BCUT2D eigenvalue weighted by atomic mass is 9.98. The molecular formula is C34H50N2O6. The smallest absolute Gasteiger partial charge is 0.316 e. The van der Waals surface area contributed by atoms with Gasteiger partial charge in [-0.2, -0.15) is 0 Å². The number of esters is 1. The Hall–Kier alpha value is -2.65. The van der Waals surface area contributed by atoms with E-state index in [-0.39, 0.29) is 18.7 Å². The van der Waals surface area contributed by atoms with Crippen molar-refractivity contribution < 1.29 is 28.8 Å². The van der Waals surface area contributed by atoms with E-state index in [4.69, 9.17) is 18.9 Å². The van der Waals surface area contributed by atoms with Gasteiger partial charge < -0.3 is 29.0 Å². The third kappa shape index (κ3) is 9.97. The number of morpholine rings is 1. The van der Waals surface area contributed by atoms with Gasteiger partial charge in [-0.15, -0.1) is 0 Å². The van der Waals surface area contributed by atoms with E-state index in [2.05, 4.69) is 23.8 Å². The Kier molecular flexibility index (Phi) is 13.4. The van der Waals surface area contributed by atoms with Gasteiger partial charge in [-0.05, 0) is 75.4 Å². The number of hydrogen-bond donors (Lipinski definition) is 1. The number of fused-ring (bicyclic) bond motifs is 2. The van der Waals surface area contributed by atoms with Crippen molar-refractivity contribution >= 4 is 5.97 Å². The average Bonchev–Trinajstić information content (AvgIpc) is 3.21. The first-order valence-corrected chi connectivity index (χ1v) is 15.8. The number of unbranched alkanes of at least 4 members (excludes halogenated alkanes) is 1. The molecule has 232 valence electrons. The third-order valence-corrected chi connectivity index (χ3v) is 8.59. The number of aliphatic hydroxyl groups is 1. The number of ether oxygens (including phenoxy) is 4. The Morgan fingerprint density at radius 1 is 0.929 bits per heavy atom. The van der Waals surface area contributed by atoms with Gasteiger partial charge >= 0.3 is 5.97 Å². The van der Waals surface area contributed by atoms with Crippen LogP contribution in [-0.2, 0) is 14.3 Å². The van der Waals surface area contributed by atoms with Crippen LogP contribution in [0, 0.1) is 0 Å². The first-order valence-electron chi connectivity index (χ1n) is 15.8. The van der Waals surface area contributed by atoms with Crippen molar-refractivity contribution in [3.8, 4) is 11.5 Å². The van der Waals surface area contributed by atoms with Gasteiger partial charge in [0.05, 0.1) is 33.0 Å². The molecule has 0 aromatic heterocycles. The largest absolute Gasteiger partial charge is 0.494 e. The average molecular weight is 583 g/mol. The standard InChI is InChI=1S/C17H23NO3.C17H27NO3/c1-18-13-7-8-14(18)10-15(9-13)21-17(20)16(11-19)12-5-3-2-4-6-12;1-2-3-12-20-16-5-7-17(8-6-16)21-13-4-9-18-10-14-19-15-11-18/h2-6,13-16,19H,7-11H2,1H3;5-8H,2-4,9-15H2,1H3/t13-,14+,15?,16?;. The fourth-order valence-electron chi connectivity index (χ4n) is 5.97. The van der Waals surface area contributed by atoms with Crippen LogP contribution >= 0.6 is 0 Å². The zero-order valence-electron chi connectivity index (χ0n) is 25.5. The van der Waals surface area contributed by atoms with Crippen molar-refractivity contribution in [3.05, 3.63) is 60.2 Å². The molecule has 8 nitrogen and oxygen atoms in total. The zero-order chi connectivity index (χ0) is 29.6. The van der Waals surface area contributed by atoms with Crippen molar-refractivity contribution in [1.29, 1.82) is 0 Å². The summed E-state index contributed by atoms with van der Waals surface area (Å²) in [5, 5.41) is 9.53. The van der Waals surface area contributed by atoms with Gasteiger partial charge in [0, 0.05) is 31.7 Å². The number of hydrogen-bond acceptors (Lipinski definition) is 8. The van der Waals surface area contributed by atoms with E-state index in [1.54, 1.807) is 0 Å². The van der Waals surface area contributed by atoms with Gasteiger partial charge in [-0.3, -0.25) is 9.69 Å². The third-order valence-electron chi connectivity index (χ3n) is 8.59. The lowest BCUT2D eigenvalue weighted by Gasteiger charge is -2.36. The van der Waals surface area contributed by atoms with E-state index in [1.807, 2.05) is 54.6 Å². The topological polar surface area (TPSA) is 80.7 Å². The maximum atomic E-state index is 12.4. The summed E-state index contributed by atoms with van der Waals surface area (Å²) in [5.74, 6) is 0.977. The van der Waals surface area contributed by atoms with E-state index in [0.717, 1.165) is 95.2 Å². The van der Waals surface area contributed by atoms with Gasteiger partial charge in [0.1, 0.15) is 23.5 Å². The molecule has 0 aliphatic carbocycles. The molecule has 3 heterocycles. The van der Waals surface area contributed by atoms with Gasteiger partial charge in [0.15, 0.2) is 0 Å². The monoisotopic (exact) mass is 582 g/mol. The lowest BCUT2D eigenvalue weighted by molar-refractivity contribution is -0.155. The Labute approximate surface area is 251 Å². The minimum Gasteiger partial charge on any atom is -0.494 e. The van der Waals surface area contributed by atoms with E-state index >= 15 is 0 Å². The van der Waals surface area contributed by atoms with Crippen molar-refractivity contribution in [1.82, 2.24) is 9.80 Å². The van der Waals surface area contributed by atoms with E-state index in [0.29, 0.717) is 12.1 Å². The molecule has 3 aliphatic rings. The molecular weight excluding hydrogens is 532 g/mol. The summed E-state index contributed by atoms with van der Waals surface area (Å²) < 4.78 is 22.4. The summed E-state index contributed by atoms with van der Waals surface area (Å²) in [7, 11) is 2.17. The maximum absolute atomic E-state index is 12.4. The predicted octanol–water partition coefficient (Wildman–Crippen LogP) is 4.90. The van der Waals surface area contributed by atoms with Crippen LogP contribution in [0.5, 0.6) is 11.5 Å². The zero-order valence-corrected chi connectivity index (χ0v) is 25.5. The van der Waals surface area contributed by atoms with Crippen molar-refractivity contribution in [3.63, 3.8) is 0 Å². The molecule has 3 fully saturated rings. The highest BCUT2D eigenvalue weighted by Crippen LogP contribution is 2.36. The van der Waals surface area contributed by atoms with Gasteiger partial charge in [-0.1, -0.05) is 43.7 Å². The minimum absolute atomic E-state index is 0.00367. The van der Waals surface area contributed by atoms with Crippen LogP contribution in [0.3, 0.4) is 0 Å². The molecule has 8 heteroatoms. The molecule has 0 saturated carbocycles. The van der Waals surface area contributed by atoms with Gasteiger partial charge in [0.2, 0.25) is 0 Å². The van der Waals surface area contributed by atoms with Crippen LogP contribution in [0.25, 0.3) is 0 Å². The van der Waals surface area contributed by atoms with Crippen molar-refractivity contribution in [2.45, 2.75) is 76.0 Å². The molecule has 1 N–H and O–H groups in total. The first kappa shape index (κ1) is 32.3. The molecule has 2 bridgehead atoms. The number of benzene rings is 2. The van der Waals surface area contributed by atoms with Crippen molar-refractivity contribution in [2.75, 3.05) is 59.7 Å². The molecule has 3 saturated heterocycles. The summed E-state index contributed by atoms with van der Waals surface area (Å²) in [6.45, 7) is 8.40. The van der Waals surface area contributed by atoms with Crippen LogP contribution < -0.4 is 9.47 Å². The molecule has 2 unspecified atom stereocenters. The van der Waals surface area contributed by atoms with Crippen LogP contribution in [0.15, 0.2) is 54.6 Å². The molecule has 0 spiro atoms. The fourth-order valence-corrected chi connectivity index (χ4v) is 5.97. The van der Waals surface area contributed by atoms with Crippen molar-refractivity contribution in [2.24, 2.45) is 0 Å². The normalized spacial score (nSPS) is 23.0.